The first-order valence-corrected chi connectivity index (χ1v) is 9.45. The van der Waals surface area contributed by atoms with Crippen LogP contribution in [0.5, 0.6) is 0 Å². The number of hydrogen-bond donors (Lipinski definition) is 2. The molecule has 6 nitrogen and oxygen atoms in total. The molecule has 0 bridgehead atoms. The fourth-order valence-corrected chi connectivity index (χ4v) is 3.62. The molecule has 3 atom stereocenters. The van der Waals surface area contributed by atoms with Crippen molar-refractivity contribution in [3.63, 3.8) is 0 Å². The molecule has 0 spiro atoms. The summed E-state index contributed by atoms with van der Waals surface area (Å²) in [5, 5.41) is 2.60. The van der Waals surface area contributed by atoms with Crippen molar-refractivity contribution < 1.29 is 18.5 Å². The number of rotatable bonds is 9. The third kappa shape index (κ3) is 5.50. The Bertz CT molecular complexity index is 753. The number of methoxy groups -OCH3 is 1. The first kappa shape index (κ1) is 19.8. The lowest BCUT2D eigenvalue weighted by atomic mass is 10.1. The molecule has 0 aliphatic heterocycles. The highest BCUT2D eigenvalue weighted by molar-refractivity contribution is 7.85. The third-order valence-corrected chi connectivity index (χ3v) is 5.24. The first-order chi connectivity index (χ1) is 12.5. The molecule has 2 rings (SSSR count). The SMILES string of the molecule is CO[C@H](C(=O)N[C@@H](CC[S@](=O)c1ccccc1)C(N)=O)c1ccccc1. The summed E-state index contributed by atoms with van der Waals surface area (Å²) in [5.74, 6) is -0.930. The van der Waals surface area contributed by atoms with Crippen LogP contribution in [0.1, 0.15) is 18.1 Å². The zero-order chi connectivity index (χ0) is 18.9. The zero-order valence-corrected chi connectivity index (χ0v) is 15.3. The smallest absolute Gasteiger partial charge is 0.254 e. The molecule has 0 radical (unpaired) electrons. The fraction of sp³-hybridized carbons (Fsp3) is 0.263. The van der Waals surface area contributed by atoms with Crippen molar-refractivity contribution in [3.05, 3.63) is 66.2 Å². The van der Waals surface area contributed by atoms with E-state index in [4.69, 9.17) is 10.5 Å². The van der Waals surface area contributed by atoms with Gasteiger partial charge in [-0.2, -0.15) is 0 Å². The average molecular weight is 374 g/mol. The molecule has 26 heavy (non-hydrogen) atoms. The van der Waals surface area contributed by atoms with Crippen LogP contribution in [-0.2, 0) is 25.1 Å². The second-order valence-electron chi connectivity index (χ2n) is 5.64. The Hall–Kier alpha value is -2.51. The van der Waals surface area contributed by atoms with Crippen LogP contribution in [-0.4, -0.2) is 34.9 Å². The normalized spacial score (nSPS) is 14.2. The lowest BCUT2D eigenvalue weighted by Gasteiger charge is -2.20. The van der Waals surface area contributed by atoms with Crippen LogP contribution in [0.15, 0.2) is 65.6 Å². The summed E-state index contributed by atoms with van der Waals surface area (Å²) >= 11 is 0. The molecular weight excluding hydrogens is 352 g/mol. The highest BCUT2D eigenvalue weighted by Gasteiger charge is 2.25. The highest BCUT2D eigenvalue weighted by atomic mass is 32.2. The summed E-state index contributed by atoms with van der Waals surface area (Å²) in [6.45, 7) is 0. The van der Waals surface area contributed by atoms with E-state index in [9.17, 15) is 13.8 Å². The molecule has 0 heterocycles. The van der Waals surface area contributed by atoms with Gasteiger partial charge in [0.25, 0.3) is 5.91 Å². The summed E-state index contributed by atoms with van der Waals surface area (Å²) in [4.78, 5) is 24.9. The van der Waals surface area contributed by atoms with Crippen molar-refractivity contribution in [1.29, 1.82) is 0 Å². The van der Waals surface area contributed by atoms with Crippen molar-refractivity contribution in [1.82, 2.24) is 5.32 Å². The molecule has 7 heteroatoms. The number of benzene rings is 2. The number of nitrogens with one attached hydrogen (secondary N) is 1. The molecule has 2 aromatic rings. The fourth-order valence-electron chi connectivity index (χ4n) is 2.47. The molecule has 0 aromatic heterocycles. The summed E-state index contributed by atoms with van der Waals surface area (Å²) in [5.41, 5.74) is 6.07. The van der Waals surface area contributed by atoms with Gasteiger partial charge < -0.3 is 15.8 Å². The molecular formula is C19H22N2O4S. The van der Waals surface area contributed by atoms with Crippen LogP contribution in [0, 0.1) is 0 Å². The molecule has 0 aliphatic rings. The van der Waals surface area contributed by atoms with Crippen LogP contribution in [0.3, 0.4) is 0 Å². The average Bonchev–Trinajstić information content (AvgIpc) is 2.66. The van der Waals surface area contributed by atoms with Gasteiger partial charge in [0, 0.05) is 17.8 Å². The van der Waals surface area contributed by atoms with Crippen LogP contribution in [0.4, 0.5) is 0 Å². The predicted molar refractivity (Wildman–Crippen MR) is 99.7 cm³/mol. The van der Waals surface area contributed by atoms with E-state index in [1.807, 2.05) is 12.1 Å². The number of primary amides is 1. The predicted octanol–water partition coefficient (Wildman–Crippen LogP) is 1.54. The first-order valence-electron chi connectivity index (χ1n) is 8.13. The van der Waals surface area contributed by atoms with Gasteiger partial charge in [0.15, 0.2) is 6.10 Å². The topological polar surface area (TPSA) is 98.5 Å². The van der Waals surface area contributed by atoms with Crippen molar-refractivity contribution in [2.75, 3.05) is 12.9 Å². The van der Waals surface area contributed by atoms with Gasteiger partial charge >= 0.3 is 0 Å². The van der Waals surface area contributed by atoms with Crippen LogP contribution in [0.2, 0.25) is 0 Å². The van der Waals surface area contributed by atoms with E-state index in [1.165, 1.54) is 7.11 Å². The van der Waals surface area contributed by atoms with E-state index in [1.54, 1.807) is 48.5 Å². The second kappa shape index (κ2) is 9.84. The highest BCUT2D eigenvalue weighted by Crippen LogP contribution is 2.17. The van der Waals surface area contributed by atoms with Gasteiger partial charge in [0.05, 0.1) is 10.8 Å². The third-order valence-electron chi connectivity index (χ3n) is 3.83. The molecule has 2 amide bonds. The van der Waals surface area contributed by atoms with E-state index >= 15 is 0 Å². The van der Waals surface area contributed by atoms with E-state index in [0.29, 0.717) is 10.5 Å². The molecule has 3 N–H and O–H groups in total. The summed E-state index contributed by atoms with van der Waals surface area (Å²) in [7, 11) is 0.143. The van der Waals surface area contributed by atoms with Crippen LogP contribution >= 0.6 is 0 Å². The van der Waals surface area contributed by atoms with Crippen molar-refractivity contribution in [2.24, 2.45) is 5.73 Å². The maximum absolute atomic E-state index is 12.5. The largest absolute Gasteiger partial charge is 0.368 e. The molecule has 138 valence electrons. The van der Waals surface area contributed by atoms with Crippen LogP contribution < -0.4 is 11.1 Å². The number of carbonyl (C=O) groups is 2. The minimum absolute atomic E-state index is 0.174. The maximum atomic E-state index is 12.5. The Morgan fingerprint density at radius 3 is 2.19 bits per heavy atom. The van der Waals surface area contributed by atoms with Gasteiger partial charge in [-0.1, -0.05) is 48.5 Å². The number of carbonyl (C=O) groups excluding carboxylic acids is 2. The molecule has 2 aromatic carbocycles. The van der Waals surface area contributed by atoms with E-state index in [-0.39, 0.29) is 12.2 Å². The molecule has 0 fully saturated rings. The second-order valence-corrected chi connectivity index (χ2v) is 7.21. The van der Waals surface area contributed by atoms with Gasteiger partial charge in [0.2, 0.25) is 5.91 Å². The number of ether oxygens (including phenoxy) is 1. The lowest BCUT2D eigenvalue weighted by Crippen LogP contribution is -2.47. The van der Waals surface area contributed by atoms with Crippen molar-refractivity contribution in [3.8, 4) is 0 Å². The van der Waals surface area contributed by atoms with Gasteiger partial charge in [-0.05, 0) is 24.1 Å². The molecule has 0 unspecified atom stereocenters. The molecule has 0 saturated carbocycles. The Labute approximate surface area is 155 Å². The van der Waals surface area contributed by atoms with Crippen molar-refractivity contribution >= 4 is 22.6 Å². The number of hydrogen-bond acceptors (Lipinski definition) is 4. The summed E-state index contributed by atoms with van der Waals surface area (Å²) < 4.78 is 17.5. The van der Waals surface area contributed by atoms with Gasteiger partial charge in [-0.25, -0.2) is 0 Å². The zero-order valence-electron chi connectivity index (χ0n) is 14.5. The lowest BCUT2D eigenvalue weighted by molar-refractivity contribution is -0.135. The standard InChI is InChI=1S/C19H22N2O4S/c1-25-17(14-8-4-2-5-9-14)19(23)21-16(18(20)22)12-13-26(24)15-10-6-3-7-11-15/h2-11,16-17H,12-13H2,1H3,(H2,20,22)(H,21,23)/t16-,17-,26-/m0/s1. The Morgan fingerprint density at radius 2 is 1.65 bits per heavy atom. The molecule has 0 aliphatic carbocycles. The quantitative estimate of drug-likeness (QED) is 0.695. The number of nitrogens with two attached hydrogens (primary N) is 1. The maximum Gasteiger partial charge on any atom is 0.254 e. The van der Waals surface area contributed by atoms with Gasteiger partial charge in [0.1, 0.15) is 6.04 Å². The number of amides is 2. The van der Waals surface area contributed by atoms with Crippen LogP contribution in [0.25, 0.3) is 0 Å². The minimum atomic E-state index is -1.27. The Kier molecular flexibility index (Phi) is 7.50. The van der Waals surface area contributed by atoms with E-state index in [0.717, 1.165) is 0 Å². The Balaban J connectivity index is 2.00. The van der Waals surface area contributed by atoms with Gasteiger partial charge in [-0.3, -0.25) is 13.8 Å². The monoisotopic (exact) mass is 374 g/mol. The summed E-state index contributed by atoms with van der Waals surface area (Å²) in [6.07, 6.45) is -0.675. The van der Waals surface area contributed by atoms with E-state index < -0.39 is 34.8 Å². The van der Waals surface area contributed by atoms with Gasteiger partial charge in [-0.15, -0.1) is 0 Å². The van der Waals surface area contributed by atoms with E-state index in [2.05, 4.69) is 5.32 Å². The van der Waals surface area contributed by atoms with Crippen molar-refractivity contribution in [2.45, 2.75) is 23.5 Å². The summed E-state index contributed by atoms with van der Waals surface area (Å²) in [6, 6.07) is 17.0. The Morgan fingerprint density at radius 1 is 1.08 bits per heavy atom. The molecule has 0 saturated heterocycles. The minimum Gasteiger partial charge on any atom is -0.368 e.